The van der Waals surface area contributed by atoms with Crippen molar-refractivity contribution >= 4 is 45.4 Å². The van der Waals surface area contributed by atoms with E-state index in [1.807, 2.05) is 12.1 Å². The van der Waals surface area contributed by atoms with Gasteiger partial charge in [-0.15, -0.1) is 0 Å². The van der Waals surface area contributed by atoms with Gasteiger partial charge in [0.25, 0.3) is 0 Å². The number of nitrogens with zero attached hydrogens (tertiary/aromatic N) is 2. The predicted molar refractivity (Wildman–Crippen MR) is 199 cm³/mol. The SMILES string of the molecule is C1=C(c2ccccc2)c2cc3nc(cc4cc(-c5ccccc5)c(cc5cc(-c6ccccc6)c(cc1n2)[nH]5)[nH]4)C(c1ccccc1)=C3. The molecule has 5 heterocycles. The van der Waals surface area contributed by atoms with Gasteiger partial charge in [0.15, 0.2) is 0 Å². The van der Waals surface area contributed by atoms with Gasteiger partial charge in [-0.05, 0) is 70.8 Å². The second-order valence-corrected chi connectivity index (χ2v) is 12.1. The van der Waals surface area contributed by atoms with E-state index in [-0.39, 0.29) is 0 Å². The number of hydrogen-bond acceptors (Lipinski definition) is 2. The monoisotopic (exact) mass is 614 g/mol. The highest BCUT2D eigenvalue weighted by atomic mass is 14.8. The van der Waals surface area contributed by atoms with Crippen LogP contribution in [0.2, 0.25) is 0 Å². The first kappa shape index (κ1) is 27.8. The molecule has 0 aliphatic carbocycles. The molecular weight excluding hydrogens is 585 g/mol. The number of nitrogens with one attached hydrogen (secondary N) is 2. The van der Waals surface area contributed by atoms with Crippen molar-refractivity contribution in [1.82, 2.24) is 19.9 Å². The Labute approximate surface area is 278 Å². The normalized spacial score (nSPS) is 12.4. The molecule has 0 fully saturated rings. The lowest BCUT2D eigenvalue weighted by molar-refractivity contribution is 1.26. The maximum atomic E-state index is 5.19. The summed E-state index contributed by atoms with van der Waals surface area (Å²) in [5, 5.41) is 0. The Morgan fingerprint density at radius 3 is 1.25 bits per heavy atom. The summed E-state index contributed by atoms with van der Waals surface area (Å²) in [6.45, 7) is 0. The Hall–Kier alpha value is -6.52. The lowest BCUT2D eigenvalue weighted by Gasteiger charge is -2.01. The smallest absolute Gasteiger partial charge is 0.0737 e. The van der Waals surface area contributed by atoms with Crippen LogP contribution in [-0.2, 0) is 0 Å². The van der Waals surface area contributed by atoms with Gasteiger partial charge >= 0.3 is 0 Å². The molecular formula is C44H30N4. The van der Waals surface area contributed by atoms with Crippen molar-refractivity contribution in [3.63, 3.8) is 0 Å². The largest absolute Gasteiger partial charge is 0.355 e. The molecule has 0 saturated carbocycles. The third-order valence-corrected chi connectivity index (χ3v) is 8.88. The fourth-order valence-electron chi connectivity index (χ4n) is 6.64. The van der Waals surface area contributed by atoms with Crippen molar-refractivity contribution in [3.8, 4) is 22.3 Å². The van der Waals surface area contributed by atoms with E-state index in [1.54, 1.807) is 0 Å². The molecule has 4 nitrogen and oxygen atoms in total. The second kappa shape index (κ2) is 11.7. The molecule has 0 atom stereocenters. The Morgan fingerprint density at radius 1 is 0.354 bits per heavy atom. The van der Waals surface area contributed by atoms with E-state index < -0.39 is 0 Å². The van der Waals surface area contributed by atoms with Crippen molar-refractivity contribution < 1.29 is 0 Å². The molecule has 2 aliphatic heterocycles. The van der Waals surface area contributed by atoms with E-state index in [4.69, 9.17) is 9.97 Å². The summed E-state index contributed by atoms with van der Waals surface area (Å²) in [6.07, 6.45) is 4.35. The van der Waals surface area contributed by atoms with Crippen LogP contribution < -0.4 is 0 Å². The summed E-state index contributed by atoms with van der Waals surface area (Å²) in [6, 6.07) is 55.0. The molecule has 0 amide bonds. The summed E-state index contributed by atoms with van der Waals surface area (Å²) in [5.41, 5.74) is 16.5. The molecule has 9 rings (SSSR count). The minimum Gasteiger partial charge on any atom is -0.355 e. The van der Waals surface area contributed by atoms with Crippen LogP contribution in [0.1, 0.15) is 33.9 Å². The second-order valence-electron chi connectivity index (χ2n) is 12.1. The fraction of sp³-hybridized carbons (Fsp3) is 0. The highest BCUT2D eigenvalue weighted by molar-refractivity contribution is 5.97. The third-order valence-electron chi connectivity index (χ3n) is 8.88. The average Bonchev–Trinajstić information content (AvgIpc) is 3.92. The first-order valence-corrected chi connectivity index (χ1v) is 16.2. The van der Waals surface area contributed by atoms with Crippen molar-refractivity contribution in [1.29, 1.82) is 0 Å². The zero-order valence-corrected chi connectivity index (χ0v) is 26.1. The summed E-state index contributed by atoms with van der Waals surface area (Å²) in [4.78, 5) is 17.8. The number of aromatic nitrogens is 4. The van der Waals surface area contributed by atoms with E-state index >= 15 is 0 Å². The first-order valence-electron chi connectivity index (χ1n) is 16.2. The van der Waals surface area contributed by atoms with Crippen LogP contribution in [0.5, 0.6) is 0 Å². The molecule has 7 aromatic rings. The molecule has 2 aliphatic rings. The van der Waals surface area contributed by atoms with E-state index in [9.17, 15) is 0 Å². The van der Waals surface area contributed by atoms with Gasteiger partial charge in [0.05, 0.1) is 22.8 Å². The Bertz CT molecular complexity index is 2520. The Balaban J connectivity index is 1.38. The standard InChI is InChI=1S/C44H30N4/c1-5-13-29(14-6-1)37-21-33-26-42-39(31-17-9-3-10-18-31)23-35(47-42)28-44-40(32-19-11-4-12-20-32)24-36(48-44)27-43-38(30-15-7-2-8-16-30)22-34(46-43)25-41(37)45-33/h1-28,45-46H. The predicted octanol–water partition coefficient (Wildman–Crippen LogP) is 10.8. The maximum absolute atomic E-state index is 5.19. The lowest BCUT2D eigenvalue weighted by Crippen LogP contribution is -1.86. The van der Waals surface area contributed by atoms with E-state index in [2.05, 4.69) is 168 Å². The lowest BCUT2D eigenvalue weighted by atomic mass is 10.0. The summed E-state index contributed by atoms with van der Waals surface area (Å²) >= 11 is 0. The summed E-state index contributed by atoms with van der Waals surface area (Å²) < 4.78 is 0. The Kier molecular flexibility index (Phi) is 6.76. The first-order chi connectivity index (χ1) is 23.7. The van der Waals surface area contributed by atoms with E-state index in [1.165, 1.54) is 0 Å². The van der Waals surface area contributed by atoms with Crippen LogP contribution >= 0.6 is 0 Å². The van der Waals surface area contributed by atoms with Gasteiger partial charge in [-0.25, -0.2) is 9.97 Å². The number of aromatic amines is 2. The minimum absolute atomic E-state index is 0.864. The van der Waals surface area contributed by atoms with Crippen LogP contribution in [0, 0.1) is 0 Å². The van der Waals surface area contributed by atoms with Gasteiger partial charge in [0.2, 0.25) is 0 Å². The van der Waals surface area contributed by atoms with Gasteiger partial charge in [-0.1, -0.05) is 121 Å². The van der Waals surface area contributed by atoms with E-state index in [0.717, 1.165) is 89.4 Å². The molecule has 2 N–H and O–H groups in total. The molecule has 8 bridgehead atoms. The van der Waals surface area contributed by atoms with Crippen molar-refractivity contribution in [2.45, 2.75) is 0 Å². The third kappa shape index (κ3) is 5.25. The van der Waals surface area contributed by atoms with E-state index in [0.29, 0.717) is 0 Å². The molecule has 0 saturated heterocycles. The maximum Gasteiger partial charge on any atom is 0.0737 e. The van der Waals surface area contributed by atoms with Crippen LogP contribution in [0.25, 0.3) is 67.6 Å². The zero-order valence-electron chi connectivity index (χ0n) is 26.1. The van der Waals surface area contributed by atoms with Gasteiger partial charge < -0.3 is 9.97 Å². The molecule has 226 valence electrons. The number of H-pyrrole nitrogens is 2. The van der Waals surface area contributed by atoms with Crippen LogP contribution in [0.15, 0.2) is 158 Å². The molecule has 0 unspecified atom stereocenters. The number of hydrogen-bond donors (Lipinski definition) is 2. The van der Waals surface area contributed by atoms with Crippen LogP contribution in [0.3, 0.4) is 0 Å². The van der Waals surface area contributed by atoms with Crippen molar-refractivity contribution in [2.24, 2.45) is 0 Å². The fourth-order valence-corrected chi connectivity index (χ4v) is 6.64. The number of benzene rings is 4. The molecule has 3 aromatic heterocycles. The minimum atomic E-state index is 0.864. The highest BCUT2D eigenvalue weighted by Crippen LogP contribution is 2.35. The quantitative estimate of drug-likeness (QED) is 0.207. The van der Waals surface area contributed by atoms with Crippen LogP contribution in [0.4, 0.5) is 0 Å². The highest BCUT2D eigenvalue weighted by Gasteiger charge is 2.17. The summed E-state index contributed by atoms with van der Waals surface area (Å²) in [7, 11) is 0. The van der Waals surface area contributed by atoms with Crippen molar-refractivity contribution in [3.05, 3.63) is 192 Å². The molecule has 4 aromatic carbocycles. The molecule has 0 spiro atoms. The van der Waals surface area contributed by atoms with Gasteiger partial charge in [0, 0.05) is 44.3 Å². The Morgan fingerprint density at radius 2 is 0.750 bits per heavy atom. The molecule has 4 heteroatoms. The van der Waals surface area contributed by atoms with Crippen molar-refractivity contribution in [2.75, 3.05) is 0 Å². The van der Waals surface area contributed by atoms with Gasteiger partial charge in [0.1, 0.15) is 0 Å². The molecule has 0 radical (unpaired) electrons. The van der Waals surface area contributed by atoms with Gasteiger partial charge in [-0.2, -0.15) is 0 Å². The molecule has 48 heavy (non-hydrogen) atoms. The topological polar surface area (TPSA) is 57.4 Å². The van der Waals surface area contributed by atoms with Crippen LogP contribution in [-0.4, -0.2) is 19.9 Å². The average molecular weight is 615 g/mol. The number of rotatable bonds is 4. The van der Waals surface area contributed by atoms with Gasteiger partial charge in [-0.3, -0.25) is 0 Å². The zero-order chi connectivity index (χ0) is 31.9. The number of fused-ring (bicyclic) bond motifs is 8. The summed E-state index contributed by atoms with van der Waals surface area (Å²) in [5.74, 6) is 0.